The second kappa shape index (κ2) is 5.82. The number of nitrogens with zero attached hydrogens (tertiary/aromatic N) is 1. The number of benzene rings is 1. The Bertz CT molecular complexity index is 712. The third-order valence-corrected chi connectivity index (χ3v) is 4.33. The van der Waals surface area contributed by atoms with Gasteiger partial charge in [-0.3, -0.25) is 0 Å². The second-order valence-corrected chi connectivity index (χ2v) is 6.25. The van der Waals surface area contributed by atoms with E-state index in [0.717, 1.165) is 0 Å². The highest BCUT2D eigenvalue weighted by atomic mass is 35.5. The quantitative estimate of drug-likeness (QED) is 0.822. The second-order valence-electron chi connectivity index (χ2n) is 4.08. The minimum Gasteiger partial charge on any atom is -0.444 e. The molecule has 0 unspecified atom stereocenters. The van der Waals surface area contributed by atoms with Gasteiger partial charge in [-0.15, -0.1) is 0 Å². The highest BCUT2D eigenvalue weighted by Gasteiger charge is 2.18. The molecular formula is C12H14ClN3O3S. The van der Waals surface area contributed by atoms with Gasteiger partial charge in [-0.2, -0.15) is 0 Å². The smallest absolute Gasteiger partial charge is 0.243 e. The molecule has 0 saturated carbocycles. The minimum absolute atomic E-state index is 0.0239. The first-order valence-corrected chi connectivity index (χ1v) is 7.76. The molecule has 108 valence electrons. The standard InChI is InChI=1S/C12H14ClN3O3S/c1-2-9-6-15-12(19-9)7-16-20(17,18)11-4-3-8(13)5-10(11)14/h3-6,16H,2,7,14H2,1H3. The van der Waals surface area contributed by atoms with Crippen LogP contribution in [0.5, 0.6) is 0 Å². The van der Waals surface area contributed by atoms with Crippen LogP contribution in [0.4, 0.5) is 5.69 Å². The van der Waals surface area contributed by atoms with Crippen molar-refractivity contribution in [1.29, 1.82) is 0 Å². The minimum atomic E-state index is -3.74. The van der Waals surface area contributed by atoms with Crippen molar-refractivity contribution >= 4 is 27.3 Å². The van der Waals surface area contributed by atoms with Crippen LogP contribution in [0.15, 0.2) is 33.7 Å². The van der Waals surface area contributed by atoms with Gasteiger partial charge in [0, 0.05) is 11.4 Å². The summed E-state index contributed by atoms with van der Waals surface area (Å²) in [5, 5.41) is 0.377. The number of rotatable bonds is 5. The lowest BCUT2D eigenvalue weighted by atomic mass is 10.3. The lowest BCUT2D eigenvalue weighted by molar-refractivity contribution is 0.452. The van der Waals surface area contributed by atoms with Gasteiger partial charge < -0.3 is 10.2 Å². The van der Waals surface area contributed by atoms with Crippen molar-refractivity contribution in [2.24, 2.45) is 0 Å². The van der Waals surface area contributed by atoms with Crippen LogP contribution in [-0.4, -0.2) is 13.4 Å². The van der Waals surface area contributed by atoms with Gasteiger partial charge in [0.1, 0.15) is 10.7 Å². The maximum atomic E-state index is 12.1. The summed E-state index contributed by atoms with van der Waals surface area (Å²) in [5.74, 6) is 1.00. The van der Waals surface area contributed by atoms with Crippen LogP contribution >= 0.6 is 11.6 Å². The molecule has 1 heterocycles. The third-order valence-electron chi connectivity index (χ3n) is 2.62. The van der Waals surface area contributed by atoms with E-state index in [-0.39, 0.29) is 17.1 Å². The largest absolute Gasteiger partial charge is 0.444 e. The van der Waals surface area contributed by atoms with Crippen LogP contribution < -0.4 is 10.5 Å². The maximum absolute atomic E-state index is 12.1. The molecular weight excluding hydrogens is 302 g/mol. The lowest BCUT2D eigenvalue weighted by Gasteiger charge is -2.08. The number of hydrogen-bond donors (Lipinski definition) is 2. The monoisotopic (exact) mass is 315 g/mol. The van der Waals surface area contributed by atoms with E-state index < -0.39 is 10.0 Å². The zero-order valence-electron chi connectivity index (χ0n) is 10.8. The number of nitrogen functional groups attached to an aromatic ring is 1. The van der Waals surface area contributed by atoms with Crippen molar-refractivity contribution in [3.63, 3.8) is 0 Å². The van der Waals surface area contributed by atoms with Gasteiger partial charge in [-0.05, 0) is 18.2 Å². The summed E-state index contributed by atoms with van der Waals surface area (Å²) in [6.07, 6.45) is 2.27. The van der Waals surface area contributed by atoms with E-state index in [1.165, 1.54) is 18.2 Å². The molecule has 2 rings (SSSR count). The van der Waals surface area contributed by atoms with Gasteiger partial charge in [0.05, 0.1) is 18.4 Å². The van der Waals surface area contributed by atoms with E-state index in [1.807, 2.05) is 6.92 Å². The maximum Gasteiger partial charge on any atom is 0.243 e. The van der Waals surface area contributed by atoms with Crippen molar-refractivity contribution in [3.8, 4) is 0 Å². The molecule has 1 aromatic carbocycles. The number of anilines is 1. The molecule has 8 heteroatoms. The molecule has 2 aromatic rings. The summed E-state index contributed by atoms with van der Waals surface area (Å²) in [6.45, 7) is 1.88. The molecule has 0 spiro atoms. The highest BCUT2D eigenvalue weighted by molar-refractivity contribution is 7.89. The summed E-state index contributed by atoms with van der Waals surface area (Å²) >= 11 is 5.74. The summed E-state index contributed by atoms with van der Waals surface area (Å²) in [5.41, 5.74) is 5.75. The van der Waals surface area contributed by atoms with Gasteiger partial charge in [-0.1, -0.05) is 18.5 Å². The van der Waals surface area contributed by atoms with Gasteiger partial charge in [0.2, 0.25) is 15.9 Å². The van der Waals surface area contributed by atoms with E-state index in [2.05, 4.69) is 9.71 Å². The number of nitrogens with two attached hydrogens (primary N) is 1. The number of aromatic nitrogens is 1. The molecule has 0 aliphatic heterocycles. The van der Waals surface area contributed by atoms with Gasteiger partial charge >= 0.3 is 0 Å². The highest BCUT2D eigenvalue weighted by Crippen LogP contribution is 2.22. The molecule has 6 nitrogen and oxygen atoms in total. The van der Waals surface area contributed by atoms with E-state index in [4.69, 9.17) is 21.8 Å². The van der Waals surface area contributed by atoms with Crippen LogP contribution in [0, 0.1) is 0 Å². The SMILES string of the molecule is CCc1cnc(CNS(=O)(=O)c2ccc(Cl)cc2N)o1. The van der Waals surface area contributed by atoms with Crippen molar-refractivity contribution in [2.75, 3.05) is 5.73 Å². The van der Waals surface area contributed by atoms with Crippen molar-refractivity contribution < 1.29 is 12.8 Å². The summed E-state index contributed by atoms with van der Waals surface area (Å²) in [6, 6.07) is 4.20. The predicted molar refractivity (Wildman–Crippen MR) is 75.8 cm³/mol. The fraction of sp³-hybridized carbons (Fsp3) is 0.250. The van der Waals surface area contributed by atoms with Crippen molar-refractivity contribution in [2.45, 2.75) is 24.8 Å². The number of aryl methyl sites for hydroxylation is 1. The molecule has 3 N–H and O–H groups in total. The third kappa shape index (κ3) is 3.30. The lowest BCUT2D eigenvalue weighted by Crippen LogP contribution is -2.24. The average Bonchev–Trinajstić information content (AvgIpc) is 2.84. The van der Waals surface area contributed by atoms with E-state index in [9.17, 15) is 8.42 Å². The number of sulfonamides is 1. The van der Waals surface area contributed by atoms with Gasteiger partial charge in [0.15, 0.2) is 0 Å². The molecule has 0 bridgehead atoms. The zero-order chi connectivity index (χ0) is 14.8. The Morgan fingerprint density at radius 3 is 2.80 bits per heavy atom. The Labute approximate surface area is 122 Å². The first-order chi connectivity index (χ1) is 9.42. The van der Waals surface area contributed by atoms with Crippen LogP contribution in [0.1, 0.15) is 18.6 Å². The van der Waals surface area contributed by atoms with Crippen molar-refractivity contribution in [3.05, 3.63) is 41.1 Å². The van der Waals surface area contributed by atoms with E-state index in [1.54, 1.807) is 6.20 Å². The summed E-state index contributed by atoms with van der Waals surface area (Å²) in [4.78, 5) is 3.95. The Kier molecular flexibility index (Phi) is 4.32. The van der Waals surface area contributed by atoms with Crippen LogP contribution in [0.25, 0.3) is 0 Å². The molecule has 0 aliphatic rings. The van der Waals surface area contributed by atoms with Crippen LogP contribution in [-0.2, 0) is 23.0 Å². The van der Waals surface area contributed by atoms with E-state index in [0.29, 0.717) is 23.1 Å². The molecule has 0 radical (unpaired) electrons. The Hall–Kier alpha value is -1.57. The Balaban J connectivity index is 2.14. The summed E-state index contributed by atoms with van der Waals surface area (Å²) < 4.78 is 31.9. The van der Waals surface area contributed by atoms with Crippen LogP contribution in [0.2, 0.25) is 5.02 Å². The fourth-order valence-corrected chi connectivity index (χ4v) is 2.86. The Morgan fingerprint density at radius 2 is 2.20 bits per heavy atom. The average molecular weight is 316 g/mol. The zero-order valence-corrected chi connectivity index (χ0v) is 12.3. The van der Waals surface area contributed by atoms with Gasteiger partial charge in [0.25, 0.3) is 0 Å². The molecule has 0 amide bonds. The summed E-state index contributed by atoms with van der Waals surface area (Å²) in [7, 11) is -3.74. The topological polar surface area (TPSA) is 98.2 Å². The molecule has 0 aliphatic carbocycles. The Morgan fingerprint density at radius 1 is 1.45 bits per heavy atom. The molecule has 1 aromatic heterocycles. The van der Waals surface area contributed by atoms with E-state index >= 15 is 0 Å². The number of nitrogens with one attached hydrogen (secondary N) is 1. The fourth-order valence-electron chi connectivity index (χ4n) is 1.59. The number of oxazole rings is 1. The molecule has 20 heavy (non-hydrogen) atoms. The molecule has 0 atom stereocenters. The molecule has 0 saturated heterocycles. The predicted octanol–water partition coefficient (Wildman–Crippen LogP) is 1.95. The normalized spacial score (nSPS) is 11.7. The van der Waals surface area contributed by atoms with Crippen molar-refractivity contribution in [1.82, 2.24) is 9.71 Å². The first kappa shape index (κ1) is 14.8. The number of halogens is 1. The number of hydrogen-bond acceptors (Lipinski definition) is 5. The van der Waals surface area contributed by atoms with Gasteiger partial charge in [-0.25, -0.2) is 18.1 Å². The molecule has 0 fully saturated rings. The first-order valence-electron chi connectivity index (χ1n) is 5.90. The van der Waals surface area contributed by atoms with Crippen LogP contribution in [0.3, 0.4) is 0 Å².